The van der Waals surface area contributed by atoms with Crippen LogP contribution in [0, 0.1) is 13.8 Å². The Bertz CT molecular complexity index is 649. The Balaban J connectivity index is 2.28. The summed E-state index contributed by atoms with van der Waals surface area (Å²) in [6.07, 6.45) is 0.256. The molecule has 0 bridgehead atoms. The van der Waals surface area contributed by atoms with Crippen molar-refractivity contribution in [2.24, 2.45) is 7.05 Å². The molecule has 3 nitrogen and oxygen atoms in total. The molecule has 0 aliphatic carbocycles. The third-order valence-corrected chi connectivity index (χ3v) is 4.43. The number of carbonyl (C=O) groups is 1. The van der Waals surface area contributed by atoms with Gasteiger partial charge in [0.15, 0.2) is 5.78 Å². The second-order valence-corrected chi connectivity index (χ2v) is 5.77. The Labute approximate surface area is 125 Å². The van der Waals surface area contributed by atoms with Gasteiger partial charge in [-0.1, -0.05) is 39.7 Å². The minimum Gasteiger partial charge on any atom is -0.294 e. The summed E-state index contributed by atoms with van der Waals surface area (Å²) in [6, 6.07) is 5.60. The summed E-state index contributed by atoms with van der Waals surface area (Å²) < 4.78 is 2.60. The number of rotatable bonds is 3. The number of aromatic nitrogens is 2. The third kappa shape index (κ3) is 2.90. The van der Waals surface area contributed by atoms with Crippen molar-refractivity contribution in [2.45, 2.75) is 20.3 Å². The van der Waals surface area contributed by atoms with Crippen molar-refractivity contribution >= 4 is 33.3 Å². The average Bonchev–Trinajstić information content (AvgIpc) is 2.59. The lowest BCUT2D eigenvalue weighted by Crippen LogP contribution is -2.08. The molecule has 100 valence electrons. The number of halogens is 2. The molecule has 0 aliphatic rings. The van der Waals surface area contributed by atoms with Crippen LogP contribution in [0.3, 0.4) is 0 Å². The number of benzene rings is 1. The topological polar surface area (TPSA) is 34.9 Å². The van der Waals surface area contributed by atoms with E-state index in [1.807, 2.05) is 32.0 Å². The molecule has 0 fully saturated rings. The third-order valence-electron chi connectivity index (χ3n) is 3.08. The minimum absolute atomic E-state index is 0.0330. The Hall–Kier alpha value is -1.13. The average molecular weight is 342 g/mol. The van der Waals surface area contributed by atoms with E-state index in [2.05, 4.69) is 21.0 Å². The molecule has 2 rings (SSSR count). The first kappa shape index (κ1) is 14.3. The van der Waals surface area contributed by atoms with Gasteiger partial charge in [0.05, 0.1) is 22.8 Å². The molecule has 0 atom stereocenters. The molecule has 1 heterocycles. The summed E-state index contributed by atoms with van der Waals surface area (Å²) in [5, 5.41) is 4.78. The standard InChI is InChI=1S/C14H14BrClN2O/c1-8-4-5-10(6-11(8)15)13(19)7-12-14(16)9(2)17-18(12)3/h4-6H,7H2,1-3H3. The molecule has 0 N–H and O–H groups in total. The van der Waals surface area contributed by atoms with Crippen molar-refractivity contribution in [2.75, 3.05) is 0 Å². The fourth-order valence-electron chi connectivity index (χ4n) is 1.89. The Morgan fingerprint density at radius 2 is 2.11 bits per heavy atom. The van der Waals surface area contributed by atoms with Gasteiger partial charge >= 0.3 is 0 Å². The van der Waals surface area contributed by atoms with E-state index < -0.39 is 0 Å². The highest BCUT2D eigenvalue weighted by atomic mass is 79.9. The van der Waals surface area contributed by atoms with Crippen molar-refractivity contribution in [3.8, 4) is 0 Å². The van der Waals surface area contributed by atoms with Crippen molar-refractivity contribution in [1.82, 2.24) is 9.78 Å². The molecule has 1 aromatic heterocycles. The van der Waals surface area contributed by atoms with Crippen LogP contribution in [0.15, 0.2) is 22.7 Å². The second-order valence-electron chi connectivity index (χ2n) is 4.53. The van der Waals surface area contributed by atoms with E-state index in [0.29, 0.717) is 10.6 Å². The molecular formula is C14H14BrClN2O. The number of carbonyl (C=O) groups excluding carboxylic acids is 1. The maximum atomic E-state index is 12.3. The first-order valence-corrected chi connectivity index (χ1v) is 7.04. The molecule has 0 amide bonds. The van der Waals surface area contributed by atoms with Crippen LogP contribution in [0.2, 0.25) is 5.02 Å². The zero-order valence-electron chi connectivity index (χ0n) is 11.0. The van der Waals surface area contributed by atoms with Crippen LogP contribution in [0.1, 0.15) is 27.3 Å². The van der Waals surface area contributed by atoms with Crippen LogP contribution in [0.25, 0.3) is 0 Å². The summed E-state index contributed by atoms with van der Waals surface area (Å²) in [7, 11) is 1.80. The molecule has 0 spiro atoms. The van der Waals surface area contributed by atoms with Gasteiger partial charge < -0.3 is 0 Å². The predicted octanol–water partition coefficient (Wildman–Crippen LogP) is 3.88. The van der Waals surface area contributed by atoms with Gasteiger partial charge in [0.1, 0.15) is 0 Å². The second kappa shape index (κ2) is 5.47. The highest BCUT2D eigenvalue weighted by Gasteiger charge is 2.16. The van der Waals surface area contributed by atoms with E-state index in [1.54, 1.807) is 11.7 Å². The quantitative estimate of drug-likeness (QED) is 0.794. The SMILES string of the molecule is Cc1ccc(C(=O)Cc2c(Cl)c(C)nn2C)cc1Br. The fourth-order valence-corrected chi connectivity index (χ4v) is 2.50. The zero-order chi connectivity index (χ0) is 14.2. The van der Waals surface area contributed by atoms with Gasteiger partial charge in [0.25, 0.3) is 0 Å². The molecule has 0 unspecified atom stereocenters. The normalized spacial score (nSPS) is 10.8. The number of hydrogen-bond acceptors (Lipinski definition) is 2. The molecule has 0 saturated carbocycles. The summed E-state index contributed by atoms with van der Waals surface area (Å²) in [6.45, 7) is 3.82. The van der Waals surface area contributed by atoms with Crippen LogP contribution < -0.4 is 0 Å². The number of Topliss-reactive ketones (excluding diaryl/α,β-unsaturated/α-hetero) is 1. The largest absolute Gasteiger partial charge is 0.294 e. The van der Waals surface area contributed by atoms with Crippen LogP contribution >= 0.6 is 27.5 Å². The first-order valence-electron chi connectivity index (χ1n) is 5.87. The van der Waals surface area contributed by atoms with Gasteiger partial charge in [0.2, 0.25) is 0 Å². The van der Waals surface area contributed by atoms with Gasteiger partial charge in [-0.15, -0.1) is 0 Å². The van der Waals surface area contributed by atoms with E-state index in [1.165, 1.54) is 0 Å². The predicted molar refractivity (Wildman–Crippen MR) is 79.9 cm³/mol. The lowest BCUT2D eigenvalue weighted by Gasteiger charge is -2.05. The maximum Gasteiger partial charge on any atom is 0.168 e. The van der Waals surface area contributed by atoms with E-state index in [0.717, 1.165) is 21.4 Å². The van der Waals surface area contributed by atoms with E-state index in [4.69, 9.17) is 11.6 Å². The summed E-state index contributed by atoms with van der Waals surface area (Å²) in [4.78, 5) is 12.3. The monoisotopic (exact) mass is 340 g/mol. The van der Waals surface area contributed by atoms with E-state index >= 15 is 0 Å². The molecule has 5 heteroatoms. The van der Waals surface area contributed by atoms with Gasteiger partial charge in [-0.25, -0.2) is 0 Å². The maximum absolute atomic E-state index is 12.3. The van der Waals surface area contributed by atoms with Crippen LogP contribution in [-0.2, 0) is 13.5 Å². The van der Waals surface area contributed by atoms with Crippen LogP contribution in [-0.4, -0.2) is 15.6 Å². The summed E-state index contributed by atoms with van der Waals surface area (Å²) in [5.41, 5.74) is 3.27. The molecule has 19 heavy (non-hydrogen) atoms. The summed E-state index contributed by atoms with van der Waals surface area (Å²) in [5.74, 6) is 0.0330. The number of nitrogens with zero attached hydrogens (tertiary/aromatic N) is 2. The lowest BCUT2D eigenvalue weighted by atomic mass is 10.0. The van der Waals surface area contributed by atoms with Gasteiger partial charge in [-0.05, 0) is 25.5 Å². The van der Waals surface area contributed by atoms with Crippen molar-refractivity contribution in [3.63, 3.8) is 0 Å². The molecule has 1 aromatic carbocycles. The van der Waals surface area contributed by atoms with Gasteiger partial charge in [-0.2, -0.15) is 5.10 Å². The smallest absolute Gasteiger partial charge is 0.168 e. The van der Waals surface area contributed by atoms with E-state index in [-0.39, 0.29) is 12.2 Å². The Morgan fingerprint density at radius 3 is 2.63 bits per heavy atom. The highest BCUT2D eigenvalue weighted by molar-refractivity contribution is 9.10. The first-order chi connectivity index (χ1) is 8.90. The molecule has 0 saturated heterocycles. The number of hydrogen-bond donors (Lipinski definition) is 0. The zero-order valence-corrected chi connectivity index (χ0v) is 13.3. The molecule has 0 radical (unpaired) electrons. The van der Waals surface area contributed by atoms with Crippen molar-refractivity contribution < 1.29 is 4.79 Å². The Morgan fingerprint density at radius 1 is 1.42 bits per heavy atom. The van der Waals surface area contributed by atoms with Crippen LogP contribution in [0.4, 0.5) is 0 Å². The van der Waals surface area contributed by atoms with Gasteiger partial charge in [0, 0.05) is 17.1 Å². The number of ketones is 1. The van der Waals surface area contributed by atoms with Crippen LogP contribution in [0.5, 0.6) is 0 Å². The fraction of sp³-hybridized carbons (Fsp3) is 0.286. The lowest BCUT2D eigenvalue weighted by molar-refractivity contribution is 0.0990. The summed E-state index contributed by atoms with van der Waals surface area (Å²) >= 11 is 9.59. The minimum atomic E-state index is 0.0330. The molecule has 0 aliphatic heterocycles. The highest BCUT2D eigenvalue weighted by Crippen LogP contribution is 2.23. The van der Waals surface area contributed by atoms with Crippen molar-refractivity contribution in [3.05, 3.63) is 50.2 Å². The molecule has 2 aromatic rings. The van der Waals surface area contributed by atoms with Crippen molar-refractivity contribution in [1.29, 1.82) is 0 Å². The van der Waals surface area contributed by atoms with E-state index in [9.17, 15) is 4.79 Å². The van der Waals surface area contributed by atoms with Gasteiger partial charge in [-0.3, -0.25) is 9.48 Å². The molecular weight excluding hydrogens is 328 g/mol. The Kier molecular flexibility index (Phi) is 4.11. The number of aryl methyl sites for hydroxylation is 3.